The van der Waals surface area contributed by atoms with Gasteiger partial charge in [-0.2, -0.15) is 0 Å². The van der Waals surface area contributed by atoms with Crippen LogP contribution in [0.4, 0.5) is 0 Å². The first-order valence-corrected chi connectivity index (χ1v) is 7.26. The van der Waals surface area contributed by atoms with Crippen molar-refractivity contribution >= 4 is 21.9 Å². The van der Waals surface area contributed by atoms with Gasteiger partial charge in [-0.3, -0.25) is 4.79 Å². The number of carboxylic acids is 1. The third-order valence-electron chi connectivity index (χ3n) is 3.60. The third-order valence-corrected chi connectivity index (χ3v) is 4.13. The van der Waals surface area contributed by atoms with Gasteiger partial charge in [-0.05, 0) is 37.0 Å². The van der Waals surface area contributed by atoms with E-state index in [4.69, 9.17) is 5.11 Å². The number of carbonyl (C=O) groups is 1. The van der Waals surface area contributed by atoms with Crippen molar-refractivity contribution in [3.63, 3.8) is 0 Å². The lowest BCUT2D eigenvalue weighted by Crippen LogP contribution is -2.23. The fourth-order valence-electron chi connectivity index (χ4n) is 2.46. The number of rotatable bonds is 2. The second kappa shape index (κ2) is 5.32. The molecule has 0 bridgehead atoms. The molecule has 1 N–H and O–H groups in total. The van der Waals surface area contributed by atoms with Crippen LogP contribution in [0.25, 0.3) is 11.4 Å². The van der Waals surface area contributed by atoms with Crippen LogP contribution < -0.4 is 0 Å². The highest BCUT2D eigenvalue weighted by atomic mass is 79.9. The summed E-state index contributed by atoms with van der Waals surface area (Å²) in [5, 5.41) is 9.08. The van der Waals surface area contributed by atoms with E-state index in [0.29, 0.717) is 25.1 Å². The highest BCUT2D eigenvalue weighted by molar-refractivity contribution is 9.10. The minimum Gasteiger partial charge on any atom is -0.481 e. The number of benzene rings is 1. The summed E-state index contributed by atoms with van der Waals surface area (Å²) in [4.78, 5) is 20.0. The van der Waals surface area contributed by atoms with Crippen LogP contribution in [0.15, 0.2) is 34.9 Å². The first-order valence-electron chi connectivity index (χ1n) is 6.47. The largest absolute Gasteiger partial charge is 0.481 e. The molecule has 0 saturated heterocycles. The highest BCUT2D eigenvalue weighted by Gasteiger charge is 2.25. The van der Waals surface area contributed by atoms with Gasteiger partial charge in [-0.25, -0.2) is 9.97 Å². The van der Waals surface area contributed by atoms with Crippen molar-refractivity contribution in [1.82, 2.24) is 9.97 Å². The van der Waals surface area contributed by atoms with E-state index in [9.17, 15) is 4.79 Å². The fraction of sp³-hybridized carbons (Fsp3) is 0.267. The quantitative estimate of drug-likeness (QED) is 0.917. The van der Waals surface area contributed by atoms with Gasteiger partial charge in [0.2, 0.25) is 0 Å². The van der Waals surface area contributed by atoms with Crippen LogP contribution in [0.5, 0.6) is 0 Å². The molecule has 1 aliphatic rings. The van der Waals surface area contributed by atoms with Gasteiger partial charge in [0, 0.05) is 21.9 Å². The maximum Gasteiger partial charge on any atom is 0.306 e. The van der Waals surface area contributed by atoms with Gasteiger partial charge < -0.3 is 5.11 Å². The molecule has 1 aliphatic carbocycles. The van der Waals surface area contributed by atoms with Gasteiger partial charge in [-0.15, -0.1) is 0 Å². The fourth-order valence-corrected chi connectivity index (χ4v) is 2.72. The Morgan fingerprint density at radius 2 is 2.05 bits per heavy atom. The first-order chi connectivity index (χ1) is 9.63. The summed E-state index contributed by atoms with van der Waals surface area (Å²) < 4.78 is 1.02. The molecular formula is C15H13BrN2O2. The second-order valence-electron chi connectivity index (χ2n) is 4.95. The Morgan fingerprint density at radius 3 is 2.75 bits per heavy atom. The molecule has 4 nitrogen and oxygen atoms in total. The van der Waals surface area contributed by atoms with Crippen LogP contribution in [0.3, 0.4) is 0 Å². The van der Waals surface area contributed by atoms with E-state index in [0.717, 1.165) is 21.3 Å². The smallest absolute Gasteiger partial charge is 0.306 e. The minimum absolute atomic E-state index is 0.301. The average Bonchev–Trinajstić information content (AvgIpc) is 2.47. The van der Waals surface area contributed by atoms with Crippen LogP contribution in [-0.4, -0.2) is 21.0 Å². The number of aromatic nitrogens is 2. The van der Waals surface area contributed by atoms with Gasteiger partial charge in [0.15, 0.2) is 5.82 Å². The van der Waals surface area contributed by atoms with Crippen molar-refractivity contribution in [2.45, 2.75) is 19.3 Å². The highest BCUT2D eigenvalue weighted by Crippen LogP contribution is 2.26. The molecule has 0 fully saturated rings. The van der Waals surface area contributed by atoms with Crippen LogP contribution >= 0.6 is 15.9 Å². The normalized spacial score (nSPS) is 17.6. The summed E-state index contributed by atoms with van der Waals surface area (Å²) >= 11 is 3.40. The van der Waals surface area contributed by atoms with E-state index < -0.39 is 5.97 Å². The van der Waals surface area contributed by atoms with Gasteiger partial charge in [-0.1, -0.05) is 28.1 Å². The number of aliphatic carboxylic acids is 1. The molecule has 20 heavy (non-hydrogen) atoms. The number of hydrogen-bond acceptors (Lipinski definition) is 3. The summed E-state index contributed by atoms with van der Waals surface area (Å²) in [5.41, 5.74) is 2.91. The zero-order chi connectivity index (χ0) is 14.1. The molecule has 0 aliphatic heterocycles. The summed E-state index contributed by atoms with van der Waals surface area (Å²) in [6.07, 6.45) is 3.66. The Labute approximate surface area is 125 Å². The Kier molecular flexibility index (Phi) is 3.53. The van der Waals surface area contributed by atoms with E-state index in [-0.39, 0.29) is 5.92 Å². The zero-order valence-corrected chi connectivity index (χ0v) is 12.3. The number of hydrogen-bond donors (Lipinski definition) is 1. The number of aryl methyl sites for hydroxylation is 1. The predicted molar refractivity (Wildman–Crippen MR) is 78.3 cm³/mol. The van der Waals surface area contributed by atoms with Gasteiger partial charge in [0.05, 0.1) is 5.92 Å². The van der Waals surface area contributed by atoms with Crippen molar-refractivity contribution < 1.29 is 9.90 Å². The summed E-state index contributed by atoms with van der Waals surface area (Å²) in [6, 6.07) is 7.85. The number of halogens is 1. The van der Waals surface area contributed by atoms with Crippen molar-refractivity contribution in [3.05, 3.63) is 46.2 Å². The molecule has 1 heterocycles. The van der Waals surface area contributed by atoms with E-state index in [1.54, 1.807) is 6.20 Å². The van der Waals surface area contributed by atoms with E-state index in [1.807, 2.05) is 24.3 Å². The van der Waals surface area contributed by atoms with Gasteiger partial charge in [0.25, 0.3) is 0 Å². The Bertz CT molecular complexity index is 655. The van der Waals surface area contributed by atoms with Crippen molar-refractivity contribution in [2.75, 3.05) is 0 Å². The Balaban J connectivity index is 1.91. The number of carboxylic acid groups (broad SMARTS) is 1. The molecule has 1 aromatic heterocycles. The van der Waals surface area contributed by atoms with Crippen LogP contribution in [0.2, 0.25) is 0 Å². The van der Waals surface area contributed by atoms with E-state index in [2.05, 4.69) is 25.9 Å². The lowest BCUT2D eigenvalue weighted by molar-refractivity contribution is -0.142. The summed E-state index contributed by atoms with van der Waals surface area (Å²) in [6.45, 7) is 0. The molecule has 102 valence electrons. The monoisotopic (exact) mass is 332 g/mol. The SMILES string of the molecule is O=C(O)C1CCc2nc(-c3ccc(Br)cc3)ncc2C1. The average molecular weight is 333 g/mol. The van der Waals surface area contributed by atoms with Crippen LogP contribution in [0.1, 0.15) is 17.7 Å². The van der Waals surface area contributed by atoms with Crippen molar-refractivity contribution in [2.24, 2.45) is 5.92 Å². The molecule has 0 spiro atoms. The van der Waals surface area contributed by atoms with Crippen molar-refractivity contribution in [3.8, 4) is 11.4 Å². The van der Waals surface area contributed by atoms with Gasteiger partial charge >= 0.3 is 5.97 Å². The first kappa shape index (κ1) is 13.2. The standard InChI is InChI=1S/C15H13BrN2O2/c16-12-4-1-9(2-5-12)14-17-8-11-7-10(15(19)20)3-6-13(11)18-14/h1-2,4-5,8,10H,3,6-7H2,(H,19,20). The molecule has 1 aromatic carbocycles. The summed E-state index contributed by atoms with van der Waals surface area (Å²) in [7, 11) is 0. The lowest BCUT2D eigenvalue weighted by atomic mass is 9.87. The third kappa shape index (κ3) is 2.58. The van der Waals surface area contributed by atoms with Gasteiger partial charge in [0.1, 0.15) is 0 Å². The number of nitrogens with zero attached hydrogens (tertiary/aromatic N) is 2. The molecular weight excluding hydrogens is 320 g/mol. The van der Waals surface area contributed by atoms with Crippen LogP contribution in [0, 0.1) is 5.92 Å². The molecule has 3 rings (SSSR count). The minimum atomic E-state index is -0.729. The predicted octanol–water partition coefficient (Wildman–Crippen LogP) is 3.10. The Morgan fingerprint density at radius 1 is 1.30 bits per heavy atom. The molecule has 5 heteroatoms. The second-order valence-corrected chi connectivity index (χ2v) is 5.87. The zero-order valence-electron chi connectivity index (χ0n) is 10.7. The molecule has 1 unspecified atom stereocenters. The summed E-state index contributed by atoms with van der Waals surface area (Å²) in [5.74, 6) is -0.331. The van der Waals surface area contributed by atoms with Crippen LogP contribution in [-0.2, 0) is 17.6 Å². The molecule has 0 radical (unpaired) electrons. The Hall–Kier alpha value is -1.75. The number of fused-ring (bicyclic) bond motifs is 1. The maximum absolute atomic E-state index is 11.0. The molecule has 0 saturated carbocycles. The maximum atomic E-state index is 11.0. The molecule has 2 aromatic rings. The lowest BCUT2D eigenvalue weighted by Gasteiger charge is -2.20. The molecule has 0 amide bonds. The van der Waals surface area contributed by atoms with E-state index >= 15 is 0 Å². The molecule has 1 atom stereocenters. The van der Waals surface area contributed by atoms with Crippen molar-refractivity contribution in [1.29, 1.82) is 0 Å². The van der Waals surface area contributed by atoms with E-state index in [1.165, 1.54) is 0 Å². The topological polar surface area (TPSA) is 63.1 Å².